The van der Waals surface area contributed by atoms with E-state index in [4.69, 9.17) is 5.11 Å². The Morgan fingerprint density at radius 1 is 0.810 bits per heavy atom. The lowest BCUT2D eigenvalue weighted by molar-refractivity contribution is 0.173. The predicted molar refractivity (Wildman–Crippen MR) is 92.7 cm³/mol. The first-order valence-corrected chi connectivity index (χ1v) is 9.70. The van der Waals surface area contributed by atoms with Gasteiger partial charge in [-0.25, -0.2) is 0 Å². The molecule has 1 N–H and O–H groups in total. The average Bonchev–Trinajstić information content (AvgIpc) is 2.52. The fourth-order valence-electron chi connectivity index (χ4n) is 3.51. The van der Waals surface area contributed by atoms with Crippen LogP contribution in [0.2, 0.25) is 0 Å². The number of rotatable bonds is 13. The van der Waals surface area contributed by atoms with Gasteiger partial charge in [-0.05, 0) is 51.2 Å². The fourth-order valence-corrected chi connectivity index (χ4v) is 3.51. The van der Waals surface area contributed by atoms with Crippen molar-refractivity contribution in [2.45, 2.75) is 90.4 Å². The second-order valence-electron chi connectivity index (χ2n) is 6.98. The third kappa shape index (κ3) is 10.3. The van der Waals surface area contributed by atoms with Crippen molar-refractivity contribution in [2.24, 2.45) is 5.92 Å². The van der Waals surface area contributed by atoms with Crippen LogP contribution in [0.5, 0.6) is 0 Å². The van der Waals surface area contributed by atoms with E-state index < -0.39 is 0 Å². The van der Waals surface area contributed by atoms with Crippen LogP contribution in [0.25, 0.3) is 0 Å². The number of nitrogens with zero attached hydrogens (tertiary/aromatic N) is 1. The second-order valence-corrected chi connectivity index (χ2v) is 6.98. The quantitative estimate of drug-likeness (QED) is 0.483. The van der Waals surface area contributed by atoms with Crippen molar-refractivity contribution in [1.29, 1.82) is 0 Å². The number of aliphatic hydroxyl groups is 1. The SMILES string of the molecule is CCCCCCCCC1CCN(CCCCCCO)CC1. The van der Waals surface area contributed by atoms with Crippen LogP contribution in [-0.2, 0) is 0 Å². The molecule has 0 spiro atoms. The standard InChI is InChI=1S/C19H39NO/c1-2-3-4-5-6-9-12-19-13-16-20(17-14-19)15-10-7-8-11-18-21/h19,21H,2-18H2,1H3. The van der Waals surface area contributed by atoms with Crippen molar-refractivity contribution in [3.8, 4) is 0 Å². The summed E-state index contributed by atoms with van der Waals surface area (Å²) in [5.74, 6) is 1.02. The van der Waals surface area contributed by atoms with Gasteiger partial charge in [-0.15, -0.1) is 0 Å². The molecule has 2 heteroatoms. The summed E-state index contributed by atoms with van der Waals surface area (Å²) in [4.78, 5) is 2.66. The Balaban J connectivity index is 1.90. The van der Waals surface area contributed by atoms with Gasteiger partial charge in [0.25, 0.3) is 0 Å². The third-order valence-corrected chi connectivity index (χ3v) is 5.06. The highest BCUT2D eigenvalue weighted by molar-refractivity contribution is 4.72. The second kappa shape index (κ2) is 13.6. The maximum Gasteiger partial charge on any atom is 0.0431 e. The summed E-state index contributed by atoms with van der Waals surface area (Å²) in [6.45, 7) is 6.61. The molecule has 1 heterocycles. The van der Waals surface area contributed by atoms with Crippen molar-refractivity contribution in [2.75, 3.05) is 26.2 Å². The Morgan fingerprint density at radius 3 is 2.14 bits per heavy atom. The number of hydrogen-bond donors (Lipinski definition) is 1. The number of likely N-dealkylation sites (tertiary alicyclic amines) is 1. The number of unbranched alkanes of at least 4 members (excludes halogenated alkanes) is 8. The van der Waals surface area contributed by atoms with Gasteiger partial charge < -0.3 is 10.0 Å². The zero-order chi connectivity index (χ0) is 15.2. The molecular formula is C19H39NO. The first kappa shape index (κ1) is 19.0. The maximum atomic E-state index is 8.76. The molecule has 1 saturated heterocycles. The smallest absolute Gasteiger partial charge is 0.0431 e. The molecule has 0 atom stereocenters. The zero-order valence-electron chi connectivity index (χ0n) is 14.5. The molecule has 21 heavy (non-hydrogen) atoms. The van der Waals surface area contributed by atoms with E-state index in [9.17, 15) is 0 Å². The lowest BCUT2D eigenvalue weighted by atomic mass is 9.91. The molecule has 0 radical (unpaired) electrons. The van der Waals surface area contributed by atoms with Crippen LogP contribution in [-0.4, -0.2) is 36.2 Å². The van der Waals surface area contributed by atoms with Crippen LogP contribution in [0.3, 0.4) is 0 Å². The molecule has 1 aliphatic rings. The van der Waals surface area contributed by atoms with Gasteiger partial charge in [0.1, 0.15) is 0 Å². The Kier molecular flexibility index (Phi) is 12.3. The molecular weight excluding hydrogens is 258 g/mol. The van der Waals surface area contributed by atoms with Gasteiger partial charge >= 0.3 is 0 Å². The fraction of sp³-hybridized carbons (Fsp3) is 1.00. The van der Waals surface area contributed by atoms with Crippen molar-refractivity contribution in [1.82, 2.24) is 4.90 Å². The third-order valence-electron chi connectivity index (χ3n) is 5.06. The largest absolute Gasteiger partial charge is 0.396 e. The Hall–Kier alpha value is -0.0800. The van der Waals surface area contributed by atoms with E-state index in [1.165, 1.54) is 96.7 Å². The van der Waals surface area contributed by atoms with Gasteiger partial charge in [-0.2, -0.15) is 0 Å². The van der Waals surface area contributed by atoms with Gasteiger partial charge in [-0.1, -0.05) is 64.7 Å². The molecule has 0 aromatic rings. The molecule has 0 amide bonds. The van der Waals surface area contributed by atoms with Crippen molar-refractivity contribution >= 4 is 0 Å². The van der Waals surface area contributed by atoms with Gasteiger partial charge in [-0.3, -0.25) is 0 Å². The Morgan fingerprint density at radius 2 is 1.43 bits per heavy atom. The van der Waals surface area contributed by atoms with E-state index in [2.05, 4.69) is 11.8 Å². The number of piperidine rings is 1. The van der Waals surface area contributed by atoms with Crippen LogP contribution in [0.15, 0.2) is 0 Å². The Labute approximate surface area is 133 Å². The van der Waals surface area contributed by atoms with Crippen LogP contribution < -0.4 is 0 Å². The van der Waals surface area contributed by atoms with E-state index in [0.717, 1.165) is 12.3 Å². The minimum atomic E-state index is 0.365. The van der Waals surface area contributed by atoms with Crippen molar-refractivity contribution in [3.63, 3.8) is 0 Å². The summed E-state index contributed by atoms with van der Waals surface area (Å²) in [6, 6.07) is 0. The molecule has 0 aromatic carbocycles. The van der Waals surface area contributed by atoms with E-state index in [-0.39, 0.29) is 0 Å². The van der Waals surface area contributed by atoms with Crippen LogP contribution in [0, 0.1) is 5.92 Å². The monoisotopic (exact) mass is 297 g/mol. The predicted octanol–water partition coefficient (Wildman–Crippen LogP) is 5.00. The summed E-state index contributed by atoms with van der Waals surface area (Å²) >= 11 is 0. The minimum Gasteiger partial charge on any atom is -0.396 e. The summed E-state index contributed by atoms with van der Waals surface area (Å²) in [6.07, 6.45) is 17.8. The molecule has 1 rings (SSSR count). The van der Waals surface area contributed by atoms with Gasteiger partial charge in [0.05, 0.1) is 0 Å². The van der Waals surface area contributed by atoms with E-state index in [0.29, 0.717) is 6.61 Å². The van der Waals surface area contributed by atoms with Gasteiger partial charge in [0.2, 0.25) is 0 Å². The molecule has 0 aliphatic carbocycles. The highest BCUT2D eigenvalue weighted by Crippen LogP contribution is 2.23. The molecule has 0 saturated carbocycles. The van der Waals surface area contributed by atoms with Crippen LogP contribution >= 0.6 is 0 Å². The summed E-state index contributed by atoms with van der Waals surface area (Å²) in [5, 5.41) is 8.76. The average molecular weight is 298 g/mol. The summed E-state index contributed by atoms with van der Waals surface area (Å²) in [7, 11) is 0. The minimum absolute atomic E-state index is 0.365. The normalized spacial score (nSPS) is 17.4. The maximum absolute atomic E-state index is 8.76. The first-order chi connectivity index (χ1) is 10.4. The summed E-state index contributed by atoms with van der Waals surface area (Å²) < 4.78 is 0. The van der Waals surface area contributed by atoms with Gasteiger partial charge in [0, 0.05) is 6.61 Å². The number of hydrogen-bond acceptors (Lipinski definition) is 2. The molecule has 1 fully saturated rings. The molecule has 0 aromatic heterocycles. The van der Waals surface area contributed by atoms with E-state index >= 15 is 0 Å². The highest BCUT2D eigenvalue weighted by atomic mass is 16.2. The summed E-state index contributed by atoms with van der Waals surface area (Å²) in [5.41, 5.74) is 0. The van der Waals surface area contributed by atoms with Crippen LogP contribution in [0.4, 0.5) is 0 Å². The molecule has 2 nitrogen and oxygen atoms in total. The lowest BCUT2D eigenvalue weighted by Crippen LogP contribution is -2.34. The molecule has 126 valence electrons. The van der Waals surface area contributed by atoms with Crippen molar-refractivity contribution in [3.05, 3.63) is 0 Å². The zero-order valence-corrected chi connectivity index (χ0v) is 14.5. The lowest BCUT2D eigenvalue weighted by Gasteiger charge is -2.32. The molecule has 0 bridgehead atoms. The number of aliphatic hydroxyl groups excluding tert-OH is 1. The molecule has 1 aliphatic heterocycles. The van der Waals surface area contributed by atoms with E-state index in [1.807, 2.05) is 0 Å². The van der Waals surface area contributed by atoms with Crippen LogP contribution in [0.1, 0.15) is 90.4 Å². The molecule has 0 unspecified atom stereocenters. The van der Waals surface area contributed by atoms with Gasteiger partial charge in [0.15, 0.2) is 0 Å². The topological polar surface area (TPSA) is 23.5 Å². The highest BCUT2D eigenvalue weighted by Gasteiger charge is 2.18. The van der Waals surface area contributed by atoms with Crippen molar-refractivity contribution < 1.29 is 5.11 Å². The van der Waals surface area contributed by atoms with E-state index in [1.54, 1.807) is 0 Å². The first-order valence-electron chi connectivity index (χ1n) is 9.70. The Bertz CT molecular complexity index is 212.